The molecule has 0 aliphatic carbocycles. The summed E-state index contributed by atoms with van der Waals surface area (Å²) in [4.78, 5) is 11.1. The van der Waals surface area contributed by atoms with E-state index in [-0.39, 0.29) is 10.5 Å². The van der Waals surface area contributed by atoms with Gasteiger partial charge < -0.3 is 15.6 Å². The molecule has 7 heteroatoms. The van der Waals surface area contributed by atoms with E-state index in [0.29, 0.717) is 23.3 Å². The van der Waals surface area contributed by atoms with E-state index in [1.807, 2.05) is 13.8 Å². The number of hydrogen-bond acceptors (Lipinski definition) is 5. The number of carboxylic acids is 1. The molecule has 0 amide bonds. The molecule has 1 atom stereocenters. The second-order valence-electron chi connectivity index (χ2n) is 6.68. The van der Waals surface area contributed by atoms with Crippen LogP contribution in [0.4, 0.5) is 0 Å². The fraction of sp³-hybridized carbons (Fsp3) is 0.562. The second-order valence-corrected chi connectivity index (χ2v) is 8.68. The fourth-order valence-electron chi connectivity index (χ4n) is 3.03. The lowest BCUT2D eigenvalue weighted by molar-refractivity contribution is -0.136. The van der Waals surface area contributed by atoms with Gasteiger partial charge in [-0.2, -0.15) is 0 Å². The maximum Gasteiger partial charge on any atom is 0.336 e. The standard InChI is InChI=1S/C16H23NO5S/c1-8-9(2)13(23(20,21)14(17)15(18)19)10(3)11-6-7-16(4,5)22-12(8)11/h14H,6-7,17H2,1-5H3,(H,18,19). The largest absolute Gasteiger partial charge is 0.487 e. The Labute approximate surface area is 136 Å². The third kappa shape index (κ3) is 2.83. The van der Waals surface area contributed by atoms with Gasteiger partial charge in [-0.15, -0.1) is 0 Å². The van der Waals surface area contributed by atoms with Crippen molar-refractivity contribution < 1.29 is 23.1 Å². The fourth-order valence-corrected chi connectivity index (χ4v) is 4.68. The Hall–Kier alpha value is -1.60. The van der Waals surface area contributed by atoms with Gasteiger partial charge in [0.2, 0.25) is 15.2 Å². The Balaban J connectivity index is 2.75. The average Bonchev–Trinajstić information content (AvgIpc) is 2.42. The lowest BCUT2D eigenvalue weighted by Crippen LogP contribution is -2.39. The summed E-state index contributed by atoms with van der Waals surface area (Å²) in [6, 6.07) is 0. The van der Waals surface area contributed by atoms with Gasteiger partial charge in [-0.1, -0.05) is 0 Å². The molecule has 3 N–H and O–H groups in total. The molecule has 0 saturated carbocycles. The monoisotopic (exact) mass is 341 g/mol. The van der Waals surface area contributed by atoms with E-state index in [1.54, 1.807) is 20.8 Å². The number of benzene rings is 1. The van der Waals surface area contributed by atoms with Crippen LogP contribution >= 0.6 is 0 Å². The molecule has 1 aromatic rings. The minimum absolute atomic E-state index is 0.0203. The van der Waals surface area contributed by atoms with Crippen LogP contribution in [-0.2, 0) is 21.1 Å². The minimum atomic E-state index is -4.16. The zero-order valence-corrected chi connectivity index (χ0v) is 14.9. The smallest absolute Gasteiger partial charge is 0.336 e. The summed E-state index contributed by atoms with van der Waals surface area (Å²) < 4.78 is 31.3. The van der Waals surface area contributed by atoms with Crippen molar-refractivity contribution in [1.29, 1.82) is 0 Å². The number of fused-ring (bicyclic) bond motifs is 1. The first kappa shape index (κ1) is 17.7. The molecule has 0 saturated heterocycles. The molecular formula is C16H23NO5S. The molecule has 0 bridgehead atoms. The highest BCUT2D eigenvalue weighted by Gasteiger charge is 2.37. The van der Waals surface area contributed by atoms with Gasteiger partial charge in [0.05, 0.1) is 4.90 Å². The molecule has 1 unspecified atom stereocenters. The lowest BCUT2D eigenvalue weighted by atomic mass is 9.88. The van der Waals surface area contributed by atoms with Crippen molar-refractivity contribution in [2.24, 2.45) is 5.73 Å². The number of carbonyl (C=O) groups is 1. The summed E-state index contributed by atoms with van der Waals surface area (Å²) in [5, 5.41) is 7.03. The predicted octanol–water partition coefficient (Wildman–Crippen LogP) is 1.86. The van der Waals surface area contributed by atoms with E-state index in [2.05, 4.69) is 0 Å². The molecule has 1 aliphatic heterocycles. The molecule has 23 heavy (non-hydrogen) atoms. The van der Waals surface area contributed by atoms with Crippen LogP contribution in [0.15, 0.2) is 4.90 Å². The van der Waals surface area contributed by atoms with E-state index in [1.165, 1.54) is 0 Å². The Morgan fingerprint density at radius 2 is 1.78 bits per heavy atom. The second kappa shape index (κ2) is 5.49. The third-order valence-electron chi connectivity index (χ3n) is 4.53. The molecular weight excluding hydrogens is 318 g/mol. The summed E-state index contributed by atoms with van der Waals surface area (Å²) in [5.74, 6) is -0.851. The van der Waals surface area contributed by atoms with Crippen LogP contribution in [-0.4, -0.2) is 30.5 Å². The van der Waals surface area contributed by atoms with Gasteiger partial charge in [0.15, 0.2) is 0 Å². The first-order valence-corrected chi connectivity index (χ1v) is 8.98. The highest BCUT2D eigenvalue weighted by molar-refractivity contribution is 7.92. The molecule has 0 radical (unpaired) electrons. The van der Waals surface area contributed by atoms with E-state index < -0.39 is 21.2 Å². The Morgan fingerprint density at radius 3 is 2.30 bits per heavy atom. The summed E-state index contributed by atoms with van der Waals surface area (Å²) >= 11 is 0. The van der Waals surface area contributed by atoms with E-state index >= 15 is 0 Å². The van der Waals surface area contributed by atoms with Gasteiger partial charge in [0.25, 0.3) is 0 Å². The van der Waals surface area contributed by atoms with E-state index in [0.717, 1.165) is 17.5 Å². The lowest BCUT2D eigenvalue weighted by Gasteiger charge is -2.35. The van der Waals surface area contributed by atoms with Gasteiger partial charge in [-0.05, 0) is 69.7 Å². The normalized spacial score (nSPS) is 18.0. The average molecular weight is 341 g/mol. The quantitative estimate of drug-likeness (QED) is 0.869. The molecule has 0 aromatic heterocycles. The van der Waals surface area contributed by atoms with Crippen LogP contribution in [0.1, 0.15) is 42.5 Å². The molecule has 1 aliphatic rings. The number of nitrogens with two attached hydrogens (primary N) is 1. The van der Waals surface area contributed by atoms with Crippen molar-refractivity contribution in [2.45, 2.75) is 63.3 Å². The van der Waals surface area contributed by atoms with Crippen molar-refractivity contribution in [3.05, 3.63) is 22.3 Å². The van der Waals surface area contributed by atoms with Crippen molar-refractivity contribution in [1.82, 2.24) is 0 Å². The van der Waals surface area contributed by atoms with Crippen molar-refractivity contribution >= 4 is 15.8 Å². The Morgan fingerprint density at radius 1 is 1.22 bits per heavy atom. The summed E-state index contributed by atoms with van der Waals surface area (Å²) in [5.41, 5.74) is 7.68. The molecule has 2 rings (SSSR count). The number of hydrogen-bond donors (Lipinski definition) is 2. The summed E-state index contributed by atoms with van der Waals surface area (Å²) in [6.45, 7) is 9.12. The minimum Gasteiger partial charge on any atom is -0.487 e. The van der Waals surface area contributed by atoms with Gasteiger partial charge in [-0.3, -0.25) is 0 Å². The summed E-state index contributed by atoms with van der Waals surface area (Å²) in [7, 11) is -4.16. The molecule has 0 spiro atoms. The van der Waals surface area contributed by atoms with Gasteiger partial charge in [-0.25, -0.2) is 13.2 Å². The Kier molecular flexibility index (Phi) is 4.24. The van der Waals surface area contributed by atoms with Crippen LogP contribution in [0.2, 0.25) is 0 Å². The van der Waals surface area contributed by atoms with Crippen molar-refractivity contribution in [3.63, 3.8) is 0 Å². The molecule has 128 valence electrons. The van der Waals surface area contributed by atoms with Crippen LogP contribution in [0.3, 0.4) is 0 Å². The highest BCUT2D eigenvalue weighted by atomic mass is 32.2. The topological polar surface area (TPSA) is 107 Å². The SMILES string of the molecule is Cc1c(C)c(S(=O)(=O)C(N)C(=O)O)c(C)c2c1OC(C)(C)CC2. The zero-order chi connectivity index (χ0) is 17.7. The van der Waals surface area contributed by atoms with E-state index in [9.17, 15) is 13.2 Å². The maximum atomic E-state index is 12.6. The number of rotatable bonds is 3. The van der Waals surface area contributed by atoms with Crippen LogP contribution < -0.4 is 10.5 Å². The number of sulfone groups is 1. The third-order valence-corrected chi connectivity index (χ3v) is 6.58. The predicted molar refractivity (Wildman–Crippen MR) is 86.5 cm³/mol. The zero-order valence-electron chi connectivity index (χ0n) is 14.1. The number of aliphatic carboxylic acids is 1. The first-order valence-electron chi connectivity index (χ1n) is 7.44. The molecule has 6 nitrogen and oxygen atoms in total. The molecule has 1 heterocycles. The van der Waals surface area contributed by atoms with Crippen LogP contribution in [0, 0.1) is 20.8 Å². The van der Waals surface area contributed by atoms with Gasteiger partial charge in [0, 0.05) is 0 Å². The van der Waals surface area contributed by atoms with Gasteiger partial charge >= 0.3 is 5.97 Å². The molecule has 1 aromatic carbocycles. The van der Waals surface area contributed by atoms with Crippen molar-refractivity contribution in [2.75, 3.05) is 0 Å². The van der Waals surface area contributed by atoms with Gasteiger partial charge in [0.1, 0.15) is 11.4 Å². The van der Waals surface area contributed by atoms with E-state index in [4.69, 9.17) is 15.6 Å². The Bertz CT molecular complexity index is 780. The highest BCUT2D eigenvalue weighted by Crippen LogP contribution is 2.42. The van der Waals surface area contributed by atoms with Crippen LogP contribution in [0.5, 0.6) is 5.75 Å². The number of ether oxygens (including phenoxy) is 1. The van der Waals surface area contributed by atoms with Crippen LogP contribution in [0.25, 0.3) is 0 Å². The summed E-state index contributed by atoms with van der Waals surface area (Å²) in [6.07, 6.45) is 1.44. The first-order chi connectivity index (χ1) is 10.4. The van der Waals surface area contributed by atoms with Crippen molar-refractivity contribution in [3.8, 4) is 5.75 Å². The molecule has 0 fully saturated rings. The number of carboxylic acid groups (broad SMARTS) is 1. The maximum absolute atomic E-state index is 12.6.